The Hall–Kier alpha value is -0.740. The topological polar surface area (TPSA) is 29.1 Å². The largest absolute Gasteiger partial charge is 0.471 e. The third kappa shape index (κ3) is 2.11. The summed E-state index contributed by atoms with van der Waals surface area (Å²) < 4.78 is 35.9. The monoisotopic (exact) mass is 221 g/mol. The van der Waals surface area contributed by atoms with Gasteiger partial charge in [0.1, 0.15) is 0 Å². The van der Waals surface area contributed by atoms with Crippen LogP contribution in [0.3, 0.4) is 0 Å². The van der Waals surface area contributed by atoms with E-state index in [2.05, 4.69) is 5.32 Å². The summed E-state index contributed by atoms with van der Waals surface area (Å²) in [5, 5.41) is 2.09. The van der Waals surface area contributed by atoms with Gasteiger partial charge in [-0.25, -0.2) is 0 Å². The van der Waals surface area contributed by atoms with E-state index in [0.29, 0.717) is 0 Å². The molecule has 0 aromatic carbocycles. The molecule has 2 nitrogen and oxygen atoms in total. The van der Waals surface area contributed by atoms with Gasteiger partial charge in [0.05, 0.1) is 0 Å². The summed E-state index contributed by atoms with van der Waals surface area (Å²) in [6, 6.07) is -0.230. The molecular formula is C10H14F3NO. The Kier molecular flexibility index (Phi) is 2.43. The third-order valence-electron chi connectivity index (χ3n) is 3.60. The van der Waals surface area contributed by atoms with Crippen LogP contribution in [0.2, 0.25) is 0 Å². The van der Waals surface area contributed by atoms with Gasteiger partial charge < -0.3 is 5.32 Å². The smallest absolute Gasteiger partial charge is 0.345 e. The number of carbonyl (C=O) groups excluding carboxylic acids is 1. The standard InChI is InChI=1S/C10H14F3NO/c11-10(12,13)8(15)14-7-6-9(7)4-2-1-3-5-9/h7H,1-6H2,(H,14,15). The molecule has 2 aliphatic rings. The summed E-state index contributed by atoms with van der Waals surface area (Å²) in [5.74, 6) is -1.78. The summed E-state index contributed by atoms with van der Waals surface area (Å²) in [5.41, 5.74) is 0.0131. The van der Waals surface area contributed by atoms with Crippen LogP contribution < -0.4 is 5.32 Å². The van der Waals surface area contributed by atoms with Crippen LogP contribution in [-0.2, 0) is 4.79 Å². The lowest BCUT2D eigenvalue weighted by Gasteiger charge is -2.22. The highest BCUT2D eigenvalue weighted by Gasteiger charge is 2.56. The fraction of sp³-hybridized carbons (Fsp3) is 0.900. The predicted octanol–water partition coefficient (Wildman–Crippen LogP) is 2.39. The molecule has 86 valence electrons. The molecule has 2 rings (SSSR count). The van der Waals surface area contributed by atoms with Crippen molar-refractivity contribution < 1.29 is 18.0 Å². The van der Waals surface area contributed by atoms with Gasteiger partial charge in [-0.1, -0.05) is 19.3 Å². The van der Waals surface area contributed by atoms with Crippen LogP contribution in [0.5, 0.6) is 0 Å². The molecule has 0 aromatic heterocycles. The van der Waals surface area contributed by atoms with E-state index < -0.39 is 12.1 Å². The summed E-state index contributed by atoms with van der Waals surface area (Å²) >= 11 is 0. The van der Waals surface area contributed by atoms with Gasteiger partial charge in [0, 0.05) is 6.04 Å². The third-order valence-corrected chi connectivity index (χ3v) is 3.60. The second-order valence-corrected chi connectivity index (χ2v) is 4.65. The molecule has 2 saturated carbocycles. The highest BCUT2D eigenvalue weighted by atomic mass is 19.4. The maximum absolute atomic E-state index is 12.0. The highest BCUT2D eigenvalue weighted by molar-refractivity contribution is 5.82. The van der Waals surface area contributed by atoms with Crippen molar-refractivity contribution in [2.24, 2.45) is 5.41 Å². The first kappa shape index (κ1) is 10.8. The lowest BCUT2D eigenvalue weighted by atomic mass is 9.86. The summed E-state index contributed by atoms with van der Waals surface area (Å²) in [7, 11) is 0. The Morgan fingerprint density at radius 3 is 2.33 bits per heavy atom. The second-order valence-electron chi connectivity index (χ2n) is 4.65. The van der Waals surface area contributed by atoms with E-state index in [4.69, 9.17) is 0 Å². The molecule has 0 radical (unpaired) electrons. The van der Waals surface area contributed by atoms with Gasteiger partial charge in [-0.05, 0) is 24.7 Å². The van der Waals surface area contributed by atoms with Crippen molar-refractivity contribution in [2.75, 3.05) is 0 Å². The summed E-state index contributed by atoms with van der Waals surface area (Å²) in [6.45, 7) is 0. The maximum atomic E-state index is 12.0. The Labute approximate surface area is 86.2 Å². The van der Waals surface area contributed by atoms with Gasteiger partial charge in [-0.15, -0.1) is 0 Å². The van der Waals surface area contributed by atoms with E-state index in [0.717, 1.165) is 32.1 Å². The van der Waals surface area contributed by atoms with E-state index >= 15 is 0 Å². The maximum Gasteiger partial charge on any atom is 0.471 e. The minimum Gasteiger partial charge on any atom is -0.345 e. The number of rotatable bonds is 1. The van der Waals surface area contributed by atoms with Crippen molar-refractivity contribution in [3.05, 3.63) is 0 Å². The van der Waals surface area contributed by atoms with Gasteiger partial charge in [-0.2, -0.15) is 13.2 Å². The fourth-order valence-corrected chi connectivity index (χ4v) is 2.60. The molecule has 0 saturated heterocycles. The van der Waals surface area contributed by atoms with Crippen molar-refractivity contribution in [1.29, 1.82) is 0 Å². The second kappa shape index (κ2) is 3.39. The van der Waals surface area contributed by atoms with Crippen LogP contribution in [0.15, 0.2) is 0 Å². The van der Waals surface area contributed by atoms with Gasteiger partial charge in [0.15, 0.2) is 0 Å². The van der Waals surface area contributed by atoms with Crippen LogP contribution in [0.25, 0.3) is 0 Å². The van der Waals surface area contributed by atoms with Crippen LogP contribution in [0, 0.1) is 5.41 Å². The number of hydrogen-bond acceptors (Lipinski definition) is 1. The van der Waals surface area contributed by atoms with Crippen LogP contribution in [0.1, 0.15) is 38.5 Å². The molecule has 1 N–H and O–H groups in total. The number of halogens is 3. The number of hydrogen-bond donors (Lipinski definition) is 1. The van der Waals surface area contributed by atoms with Gasteiger partial charge in [-0.3, -0.25) is 4.79 Å². The molecular weight excluding hydrogens is 207 g/mol. The number of nitrogens with one attached hydrogen (secondary N) is 1. The van der Waals surface area contributed by atoms with Crippen LogP contribution in [-0.4, -0.2) is 18.1 Å². The quantitative estimate of drug-likeness (QED) is 0.723. The molecule has 1 unspecified atom stereocenters. The predicted molar refractivity (Wildman–Crippen MR) is 48.1 cm³/mol. The zero-order chi connectivity index (χ0) is 11.1. The molecule has 1 amide bonds. The zero-order valence-electron chi connectivity index (χ0n) is 8.36. The average molecular weight is 221 g/mol. The molecule has 0 heterocycles. The van der Waals surface area contributed by atoms with E-state index in [-0.39, 0.29) is 11.5 Å². The zero-order valence-corrected chi connectivity index (χ0v) is 8.36. The molecule has 1 atom stereocenters. The molecule has 15 heavy (non-hydrogen) atoms. The minimum atomic E-state index is -4.74. The van der Waals surface area contributed by atoms with E-state index in [9.17, 15) is 18.0 Å². The molecule has 0 aromatic rings. The number of amides is 1. The number of carbonyl (C=O) groups is 1. The highest BCUT2D eigenvalue weighted by Crippen LogP contribution is 2.56. The summed E-state index contributed by atoms with van der Waals surface area (Å²) in [4.78, 5) is 10.7. The summed E-state index contributed by atoms with van der Waals surface area (Å²) in [6.07, 6.45) is 1.26. The lowest BCUT2D eigenvalue weighted by molar-refractivity contribution is -0.174. The van der Waals surface area contributed by atoms with Gasteiger partial charge in [0.2, 0.25) is 0 Å². The van der Waals surface area contributed by atoms with E-state index in [1.807, 2.05) is 0 Å². The van der Waals surface area contributed by atoms with E-state index in [1.165, 1.54) is 6.42 Å². The Balaban J connectivity index is 1.86. The van der Waals surface area contributed by atoms with Crippen molar-refractivity contribution in [2.45, 2.75) is 50.7 Å². The first-order chi connectivity index (χ1) is 6.94. The Morgan fingerprint density at radius 1 is 1.20 bits per heavy atom. The first-order valence-electron chi connectivity index (χ1n) is 5.32. The SMILES string of the molecule is O=C(NC1CC12CCCCC2)C(F)(F)F. The Morgan fingerprint density at radius 2 is 1.80 bits per heavy atom. The van der Waals surface area contributed by atoms with Crippen molar-refractivity contribution in [3.63, 3.8) is 0 Å². The van der Waals surface area contributed by atoms with Crippen molar-refractivity contribution >= 4 is 5.91 Å². The lowest BCUT2D eigenvalue weighted by Crippen LogP contribution is -2.40. The van der Waals surface area contributed by atoms with Crippen LogP contribution >= 0.6 is 0 Å². The van der Waals surface area contributed by atoms with E-state index in [1.54, 1.807) is 0 Å². The molecule has 2 fully saturated rings. The molecule has 5 heteroatoms. The molecule has 0 aliphatic heterocycles. The van der Waals surface area contributed by atoms with Crippen molar-refractivity contribution in [3.8, 4) is 0 Å². The first-order valence-corrected chi connectivity index (χ1v) is 5.32. The number of alkyl halides is 3. The van der Waals surface area contributed by atoms with Gasteiger partial charge in [0.25, 0.3) is 0 Å². The van der Waals surface area contributed by atoms with Crippen molar-refractivity contribution in [1.82, 2.24) is 5.32 Å². The molecule has 0 bridgehead atoms. The normalized spacial score (nSPS) is 28.9. The average Bonchev–Trinajstić information content (AvgIpc) is 2.78. The Bertz CT molecular complexity index is 268. The molecule has 2 aliphatic carbocycles. The fourth-order valence-electron chi connectivity index (χ4n) is 2.60. The molecule has 1 spiro atoms. The minimum absolute atomic E-state index is 0.0131. The van der Waals surface area contributed by atoms with Crippen LogP contribution in [0.4, 0.5) is 13.2 Å². The van der Waals surface area contributed by atoms with Gasteiger partial charge >= 0.3 is 12.1 Å².